The summed E-state index contributed by atoms with van der Waals surface area (Å²) in [5.74, 6) is 0.282. The number of unbranched alkanes of at least 4 members (excludes halogenated alkanes) is 1. The third-order valence-electron chi connectivity index (χ3n) is 2.96. The summed E-state index contributed by atoms with van der Waals surface area (Å²) in [6, 6.07) is 3.80. The highest BCUT2D eigenvalue weighted by atomic mass is 32.2. The summed E-state index contributed by atoms with van der Waals surface area (Å²) in [7, 11) is 0. The monoisotopic (exact) mass is 353 g/mol. The van der Waals surface area contributed by atoms with Gasteiger partial charge in [-0.2, -0.15) is 0 Å². The number of nitrogens with one attached hydrogen (secondary N) is 1. The molecule has 23 heavy (non-hydrogen) atoms. The highest BCUT2D eigenvalue weighted by Crippen LogP contribution is 2.27. The van der Waals surface area contributed by atoms with Crippen molar-refractivity contribution in [3.05, 3.63) is 17.5 Å². The van der Waals surface area contributed by atoms with Gasteiger partial charge in [-0.05, 0) is 17.9 Å². The molecule has 0 saturated carbocycles. The van der Waals surface area contributed by atoms with Crippen molar-refractivity contribution in [2.45, 2.75) is 31.5 Å². The molecular formula is C14H19N5O2S2. The summed E-state index contributed by atoms with van der Waals surface area (Å²) in [6.45, 7) is 2.73. The largest absolute Gasteiger partial charge is 0.368 e. The Bertz CT molecular complexity index is 654. The van der Waals surface area contributed by atoms with E-state index < -0.39 is 5.91 Å². The lowest BCUT2D eigenvalue weighted by Gasteiger charge is -2.07. The van der Waals surface area contributed by atoms with Crippen molar-refractivity contribution in [3.63, 3.8) is 0 Å². The number of carbonyl (C=O) groups excluding carboxylic acids is 2. The molecule has 0 saturated heterocycles. The predicted octanol–water partition coefficient (Wildman–Crippen LogP) is 1.50. The van der Waals surface area contributed by atoms with Gasteiger partial charge < -0.3 is 11.1 Å². The standard InChI is InChI=1S/C14H19N5O2S2/c1-2-3-6-16-12(21)9-23-14-18-17-13(10-5-4-7-22-10)19(14)8-11(15)20/h4-5,7H,2-3,6,8-9H2,1H3,(H2,15,20)(H,16,21). The number of thioether (sulfide) groups is 1. The Balaban J connectivity index is 2.06. The average Bonchev–Trinajstić information content (AvgIpc) is 3.14. The van der Waals surface area contributed by atoms with Gasteiger partial charge in [0.15, 0.2) is 11.0 Å². The number of amides is 2. The molecule has 0 bridgehead atoms. The van der Waals surface area contributed by atoms with E-state index in [0.29, 0.717) is 17.5 Å². The van der Waals surface area contributed by atoms with Gasteiger partial charge in [0.05, 0.1) is 10.6 Å². The van der Waals surface area contributed by atoms with Crippen molar-refractivity contribution in [1.82, 2.24) is 20.1 Å². The summed E-state index contributed by atoms with van der Waals surface area (Å²) in [5, 5.41) is 13.5. The van der Waals surface area contributed by atoms with Gasteiger partial charge in [0.25, 0.3) is 0 Å². The average molecular weight is 353 g/mol. The van der Waals surface area contributed by atoms with Crippen LogP contribution in [0.3, 0.4) is 0 Å². The molecule has 2 heterocycles. The molecule has 7 nitrogen and oxygen atoms in total. The zero-order valence-corrected chi connectivity index (χ0v) is 14.5. The van der Waals surface area contributed by atoms with Crippen LogP contribution in [0, 0.1) is 0 Å². The number of hydrogen-bond donors (Lipinski definition) is 2. The van der Waals surface area contributed by atoms with Crippen molar-refractivity contribution < 1.29 is 9.59 Å². The highest BCUT2D eigenvalue weighted by molar-refractivity contribution is 7.99. The minimum Gasteiger partial charge on any atom is -0.368 e. The van der Waals surface area contributed by atoms with E-state index in [1.165, 1.54) is 23.1 Å². The fourth-order valence-corrected chi connectivity index (χ4v) is 3.35. The van der Waals surface area contributed by atoms with Crippen LogP contribution in [0.4, 0.5) is 0 Å². The second-order valence-electron chi connectivity index (χ2n) is 4.83. The maximum atomic E-state index is 11.8. The Labute approximate surface area is 142 Å². The van der Waals surface area contributed by atoms with Gasteiger partial charge in [-0.15, -0.1) is 21.5 Å². The second kappa shape index (κ2) is 8.68. The van der Waals surface area contributed by atoms with Crippen LogP contribution in [-0.2, 0) is 16.1 Å². The normalized spacial score (nSPS) is 10.7. The van der Waals surface area contributed by atoms with Crippen LogP contribution in [-0.4, -0.2) is 38.9 Å². The van der Waals surface area contributed by atoms with Crippen LogP contribution >= 0.6 is 23.1 Å². The Morgan fingerprint density at radius 3 is 2.91 bits per heavy atom. The molecule has 0 radical (unpaired) electrons. The van der Waals surface area contributed by atoms with Crippen LogP contribution < -0.4 is 11.1 Å². The molecule has 0 aliphatic heterocycles. The van der Waals surface area contributed by atoms with Crippen LogP contribution in [0.25, 0.3) is 10.7 Å². The second-order valence-corrected chi connectivity index (χ2v) is 6.72. The Morgan fingerprint density at radius 2 is 2.26 bits per heavy atom. The molecule has 0 aliphatic carbocycles. The summed E-state index contributed by atoms with van der Waals surface area (Å²) >= 11 is 2.75. The molecule has 0 unspecified atom stereocenters. The van der Waals surface area contributed by atoms with Crippen molar-refractivity contribution in [3.8, 4) is 10.7 Å². The Kier molecular flexibility index (Phi) is 6.60. The van der Waals surface area contributed by atoms with Gasteiger partial charge in [0.2, 0.25) is 11.8 Å². The lowest BCUT2D eigenvalue weighted by molar-refractivity contribution is -0.119. The fourth-order valence-electron chi connectivity index (χ4n) is 1.87. The SMILES string of the molecule is CCCCNC(=O)CSc1nnc(-c2cccs2)n1CC(N)=O. The van der Waals surface area contributed by atoms with E-state index in [0.717, 1.165) is 17.7 Å². The Hall–Kier alpha value is -1.87. The smallest absolute Gasteiger partial charge is 0.237 e. The van der Waals surface area contributed by atoms with Crippen molar-refractivity contribution in [1.29, 1.82) is 0 Å². The first-order valence-corrected chi connectivity index (χ1v) is 9.13. The Morgan fingerprint density at radius 1 is 1.43 bits per heavy atom. The number of nitrogens with two attached hydrogens (primary N) is 1. The van der Waals surface area contributed by atoms with E-state index in [1.807, 2.05) is 17.5 Å². The number of aromatic nitrogens is 3. The molecule has 2 amide bonds. The number of carbonyl (C=O) groups is 2. The molecule has 2 aromatic rings. The summed E-state index contributed by atoms with van der Waals surface area (Å²) < 4.78 is 1.65. The first kappa shape index (κ1) is 17.5. The number of rotatable bonds is 9. The molecule has 3 N–H and O–H groups in total. The van der Waals surface area contributed by atoms with Gasteiger partial charge in [-0.3, -0.25) is 14.2 Å². The molecule has 0 aromatic carbocycles. The zero-order valence-electron chi connectivity index (χ0n) is 12.8. The molecule has 124 valence electrons. The summed E-state index contributed by atoms with van der Waals surface area (Å²) in [4.78, 5) is 24.0. The van der Waals surface area contributed by atoms with Crippen LogP contribution in [0.15, 0.2) is 22.7 Å². The summed E-state index contributed by atoms with van der Waals surface area (Å²) in [5.41, 5.74) is 5.31. The molecule has 9 heteroatoms. The van der Waals surface area contributed by atoms with Gasteiger partial charge in [0.1, 0.15) is 6.54 Å². The van der Waals surface area contributed by atoms with Gasteiger partial charge in [-0.25, -0.2) is 0 Å². The van der Waals surface area contributed by atoms with E-state index >= 15 is 0 Å². The molecule has 0 aliphatic rings. The van der Waals surface area contributed by atoms with Crippen molar-refractivity contribution in [2.75, 3.05) is 12.3 Å². The predicted molar refractivity (Wildman–Crippen MR) is 91.2 cm³/mol. The molecule has 0 spiro atoms. The van der Waals surface area contributed by atoms with Gasteiger partial charge in [-0.1, -0.05) is 31.2 Å². The van der Waals surface area contributed by atoms with E-state index in [1.54, 1.807) is 4.57 Å². The third kappa shape index (κ3) is 5.07. The first-order chi connectivity index (χ1) is 11.1. The number of nitrogens with zero attached hydrogens (tertiary/aromatic N) is 3. The van der Waals surface area contributed by atoms with Gasteiger partial charge in [0, 0.05) is 6.54 Å². The van der Waals surface area contributed by atoms with Crippen molar-refractivity contribution >= 4 is 34.9 Å². The minimum atomic E-state index is -0.475. The number of primary amides is 1. The molecule has 2 rings (SSSR count). The molecule has 0 atom stereocenters. The van der Waals surface area contributed by atoms with E-state index in [4.69, 9.17) is 5.73 Å². The molecule has 0 fully saturated rings. The number of thiophene rings is 1. The topological polar surface area (TPSA) is 103 Å². The molecule has 2 aromatic heterocycles. The van der Waals surface area contributed by atoms with Crippen LogP contribution in [0.1, 0.15) is 19.8 Å². The lowest BCUT2D eigenvalue weighted by atomic mass is 10.3. The first-order valence-electron chi connectivity index (χ1n) is 7.26. The summed E-state index contributed by atoms with van der Waals surface area (Å²) in [6.07, 6.45) is 1.99. The maximum Gasteiger partial charge on any atom is 0.237 e. The third-order valence-corrected chi connectivity index (χ3v) is 4.79. The van der Waals surface area contributed by atoms with Crippen LogP contribution in [0.5, 0.6) is 0 Å². The van der Waals surface area contributed by atoms with E-state index in [9.17, 15) is 9.59 Å². The van der Waals surface area contributed by atoms with E-state index in [-0.39, 0.29) is 18.2 Å². The zero-order chi connectivity index (χ0) is 16.7. The fraction of sp³-hybridized carbons (Fsp3) is 0.429. The highest BCUT2D eigenvalue weighted by Gasteiger charge is 2.17. The maximum absolute atomic E-state index is 11.8. The quantitative estimate of drug-likeness (QED) is 0.525. The van der Waals surface area contributed by atoms with Crippen LogP contribution in [0.2, 0.25) is 0 Å². The minimum absolute atomic E-state index is 0.0139. The van der Waals surface area contributed by atoms with Gasteiger partial charge >= 0.3 is 0 Å². The lowest BCUT2D eigenvalue weighted by Crippen LogP contribution is -2.26. The van der Waals surface area contributed by atoms with E-state index in [2.05, 4.69) is 22.4 Å². The van der Waals surface area contributed by atoms with Crippen molar-refractivity contribution in [2.24, 2.45) is 5.73 Å². The molecular weight excluding hydrogens is 334 g/mol. The number of hydrogen-bond acceptors (Lipinski definition) is 6.